The van der Waals surface area contributed by atoms with Gasteiger partial charge in [0.25, 0.3) is 0 Å². The first-order chi connectivity index (χ1) is 10.1. The van der Waals surface area contributed by atoms with Gasteiger partial charge >= 0.3 is 0 Å². The number of ether oxygens (including phenoxy) is 1. The number of aliphatic hydroxyl groups is 1. The van der Waals surface area contributed by atoms with Gasteiger partial charge in [-0.15, -0.1) is 0 Å². The zero-order valence-corrected chi connectivity index (χ0v) is 12.8. The molecule has 0 aliphatic carbocycles. The third kappa shape index (κ3) is 5.75. The maximum atomic E-state index is 9.98. The van der Waals surface area contributed by atoms with E-state index in [2.05, 4.69) is 5.10 Å². The minimum atomic E-state index is -0.453. The fourth-order valence-electron chi connectivity index (χ4n) is 1.98. The van der Waals surface area contributed by atoms with Crippen molar-refractivity contribution in [1.29, 1.82) is 0 Å². The van der Waals surface area contributed by atoms with Gasteiger partial charge in [0.05, 0.1) is 12.6 Å². The van der Waals surface area contributed by atoms with Gasteiger partial charge in [-0.25, -0.2) is 0 Å². The molecule has 114 valence electrons. The Morgan fingerprint density at radius 1 is 1.38 bits per heavy atom. The van der Waals surface area contributed by atoms with E-state index in [1.165, 1.54) is 0 Å². The summed E-state index contributed by atoms with van der Waals surface area (Å²) in [6.07, 6.45) is 3.09. The van der Waals surface area contributed by atoms with Crippen molar-refractivity contribution in [3.63, 3.8) is 0 Å². The molecule has 0 bridgehead atoms. The highest BCUT2D eigenvalue weighted by atomic mass is 35.5. The van der Waals surface area contributed by atoms with E-state index in [9.17, 15) is 5.11 Å². The fourth-order valence-corrected chi connectivity index (χ4v) is 2.11. The van der Waals surface area contributed by atoms with Crippen LogP contribution in [0.3, 0.4) is 0 Å². The summed E-state index contributed by atoms with van der Waals surface area (Å²) in [5.74, 6) is 0.796. The molecule has 2 rings (SSSR count). The van der Waals surface area contributed by atoms with Gasteiger partial charge in [0.1, 0.15) is 12.4 Å². The van der Waals surface area contributed by atoms with Crippen LogP contribution in [0.1, 0.15) is 0 Å². The van der Waals surface area contributed by atoms with Gasteiger partial charge < -0.3 is 14.7 Å². The Labute approximate surface area is 129 Å². The largest absolute Gasteiger partial charge is 0.492 e. The average molecular weight is 310 g/mol. The first-order valence-electron chi connectivity index (χ1n) is 6.86. The first-order valence-corrected chi connectivity index (χ1v) is 7.23. The topological polar surface area (TPSA) is 50.5 Å². The Morgan fingerprint density at radius 3 is 2.81 bits per heavy atom. The molecule has 0 saturated heterocycles. The number of halogens is 1. The van der Waals surface area contributed by atoms with Crippen molar-refractivity contribution < 1.29 is 9.84 Å². The number of hydrogen-bond acceptors (Lipinski definition) is 4. The molecule has 1 N–H and O–H groups in total. The Morgan fingerprint density at radius 2 is 2.14 bits per heavy atom. The molecule has 1 aromatic carbocycles. The second kappa shape index (κ2) is 8.02. The summed E-state index contributed by atoms with van der Waals surface area (Å²) in [6.45, 7) is 2.37. The molecular formula is C15H20ClN3O2. The van der Waals surface area contributed by atoms with Crippen LogP contribution in [-0.2, 0) is 6.54 Å². The van der Waals surface area contributed by atoms with Crippen LogP contribution in [0, 0.1) is 0 Å². The highest BCUT2D eigenvalue weighted by Gasteiger charge is 2.09. The molecule has 0 spiro atoms. The van der Waals surface area contributed by atoms with Crippen molar-refractivity contribution in [1.82, 2.24) is 14.7 Å². The van der Waals surface area contributed by atoms with E-state index in [1.54, 1.807) is 23.0 Å². The summed E-state index contributed by atoms with van der Waals surface area (Å²) >= 11 is 5.81. The van der Waals surface area contributed by atoms with Crippen LogP contribution in [0.4, 0.5) is 0 Å². The van der Waals surface area contributed by atoms with Gasteiger partial charge in [-0.3, -0.25) is 4.68 Å². The Bertz CT molecular complexity index is 516. The van der Waals surface area contributed by atoms with Crippen molar-refractivity contribution >= 4 is 11.6 Å². The van der Waals surface area contributed by atoms with Crippen molar-refractivity contribution in [3.8, 4) is 5.75 Å². The quantitative estimate of drug-likeness (QED) is 0.809. The number of aromatic nitrogens is 2. The average Bonchev–Trinajstić information content (AvgIpc) is 2.93. The first kappa shape index (κ1) is 15.8. The van der Waals surface area contributed by atoms with Crippen molar-refractivity contribution in [2.75, 3.05) is 26.7 Å². The van der Waals surface area contributed by atoms with E-state index >= 15 is 0 Å². The summed E-state index contributed by atoms with van der Waals surface area (Å²) in [5.41, 5.74) is 0. The van der Waals surface area contributed by atoms with Gasteiger partial charge in [-0.05, 0) is 37.4 Å². The third-order valence-corrected chi connectivity index (χ3v) is 3.29. The van der Waals surface area contributed by atoms with Crippen molar-refractivity contribution in [3.05, 3.63) is 47.7 Å². The maximum absolute atomic E-state index is 9.98. The normalized spacial score (nSPS) is 12.6. The summed E-state index contributed by atoms with van der Waals surface area (Å²) in [4.78, 5) is 2.03. The molecule has 1 aromatic heterocycles. The van der Waals surface area contributed by atoms with E-state index in [1.807, 2.05) is 36.3 Å². The number of benzene rings is 1. The number of aliphatic hydroxyl groups excluding tert-OH is 1. The molecule has 1 unspecified atom stereocenters. The smallest absolute Gasteiger partial charge is 0.119 e. The standard InChI is InChI=1S/C15H20ClN3O2/c1-18(11-14(20)12-19-8-2-7-17-19)9-10-21-15-5-3-13(16)4-6-15/h2-8,14,20H,9-12H2,1H3. The molecule has 0 aliphatic heterocycles. The van der Waals surface area contributed by atoms with Crippen LogP contribution in [0.2, 0.25) is 5.02 Å². The number of hydrogen-bond donors (Lipinski definition) is 1. The van der Waals surface area contributed by atoms with Crippen molar-refractivity contribution in [2.24, 2.45) is 0 Å². The Kier molecular flexibility index (Phi) is 6.04. The lowest BCUT2D eigenvalue weighted by Crippen LogP contribution is -2.34. The number of rotatable bonds is 8. The number of likely N-dealkylation sites (N-methyl/N-ethyl adjacent to an activating group) is 1. The molecule has 0 aliphatic rings. The van der Waals surface area contributed by atoms with Gasteiger partial charge in [0, 0.05) is 30.5 Å². The summed E-state index contributed by atoms with van der Waals surface area (Å²) in [7, 11) is 1.96. The van der Waals surface area contributed by atoms with E-state index < -0.39 is 6.10 Å². The zero-order chi connectivity index (χ0) is 15.1. The Hall–Kier alpha value is -1.56. The number of nitrogens with zero attached hydrogens (tertiary/aromatic N) is 3. The molecular weight excluding hydrogens is 290 g/mol. The van der Waals surface area contributed by atoms with Crippen LogP contribution in [0.5, 0.6) is 5.75 Å². The van der Waals surface area contributed by atoms with Crippen LogP contribution >= 0.6 is 11.6 Å². The highest BCUT2D eigenvalue weighted by molar-refractivity contribution is 6.30. The molecule has 1 atom stereocenters. The third-order valence-electron chi connectivity index (χ3n) is 3.03. The molecule has 21 heavy (non-hydrogen) atoms. The van der Waals surface area contributed by atoms with Crippen LogP contribution in [0.25, 0.3) is 0 Å². The molecule has 6 heteroatoms. The van der Waals surface area contributed by atoms with E-state index in [-0.39, 0.29) is 0 Å². The summed E-state index contributed by atoms with van der Waals surface area (Å²) < 4.78 is 7.34. The van der Waals surface area contributed by atoms with Gasteiger partial charge in [-0.2, -0.15) is 5.10 Å². The second-order valence-electron chi connectivity index (χ2n) is 4.95. The van der Waals surface area contributed by atoms with Crippen LogP contribution in [0.15, 0.2) is 42.7 Å². The monoisotopic (exact) mass is 309 g/mol. The maximum Gasteiger partial charge on any atom is 0.119 e. The minimum Gasteiger partial charge on any atom is -0.492 e. The second-order valence-corrected chi connectivity index (χ2v) is 5.38. The molecule has 5 nitrogen and oxygen atoms in total. The summed E-state index contributed by atoms with van der Waals surface area (Å²) in [5, 5.41) is 14.8. The molecule has 2 aromatic rings. The van der Waals surface area contributed by atoms with Crippen LogP contribution < -0.4 is 4.74 Å². The van der Waals surface area contributed by atoms with Crippen molar-refractivity contribution in [2.45, 2.75) is 12.6 Å². The van der Waals surface area contributed by atoms with Crippen LogP contribution in [-0.4, -0.2) is 52.6 Å². The zero-order valence-electron chi connectivity index (χ0n) is 12.0. The lowest BCUT2D eigenvalue weighted by Gasteiger charge is -2.20. The fraction of sp³-hybridized carbons (Fsp3) is 0.400. The van der Waals surface area contributed by atoms with E-state index in [0.29, 0.717) is 24.7 Å². The summed E-state index contributed by atoms with van der Waals surface area (Å²) in [6, 6.07) is 9.13. The van der Waals surface area contributed by atoms with Gasteiger partial charge in [0.15, 0.2) is 0 Å². The molecule has 1 heterocycles. The highest BCUT2D eigenvalue weighted by Crippen LogP contribution is 2.15. The van der Waals surface area contributed by atoms with E-state index in [4.69, 9.17) is 16.3 Å². The molecule has 0 saturated carbocycles. The predicted octanol–water partition coefficient (Wildman–Crippen LogP) is 1.91. The van der Waals surface area contributed by atoms with Gasteiger partial charge in [0.2, 0.25) is 0 Å². The van der Waals surface area contributed by atoms with E-state index in [0.717, 1.165) is 12.3 Å². The Balaban J connectivity index is 1.65. The minimum absolute atomic E-state index is 0.453. The predicted molar refractivity (Wildman–Crippen MR) is 82.7 cm³/mol. The lowest BCUT2D eigenvalue weighted by atomic mass is 10.3. The molecule has 0 amide bonds. The molecule has 0 radical (unpaired) electrons. The SMILES string of the molecule is CN(CCOc1ccc(Cl)cc1)CC(O)Cn1cccn1. The van der Waals surface area contributed by atoms with Gasteiger partial charge in [-0.1, -0.05) is 11.6 Å². The molecule has 0 fully saturated rings. The lowest BCUT2D eigenvalue weighted by molar-refractivity contribution is 0.0995.